The number of hydrogen-bond donors (Lipinski definition) is 2. The summed E-state index contributed by atoms with van der Waals surface area (Å²) in [6, 6.07) is 7.19. The molecule has 0 fully saturated rings. The summed E-state index contributed by atoms with van der Waals surface area (Å²) in [4.78, 5) is 12.3. The largest absolute Gasteiger partial charge is 0.351 e. The third-order valence-corrected chi connectivity index (χ3v) is 2.06. The van der Waals surface area contributed by atoms with Crippen LogP contribution < -0.4 is 11.5 Å². The molecule has 4 heteroatoms. The van der Waals surface area contributed by atoms with Gasteiger partial charge in [0.15, 0.2) is 0 Å². The van der Waals surface area contributed by atoms with E-state index in [-0.39, 0.29) is 0 Å². The summed E-state index contributed by atoms with van der Waals surface area (Å²) in [5.74, 6) is 5.72. The van der Waals surface area contributed by atoms with E-state index in [2.05, 4.69) is 11.8 Å². The van der Waals surface area contributed by atoms with Crippen molar-refractivity contribution in [3.05, 3.63) is 35.4 Å². The van der Waals surface area contributed by atoms with Crippen molar-refractivity contribution in [1.29, 1.82) is 0 Å². The summed E-state index contributed by atoms with van der Waals surface area (Å²) >= 11 is 0. The summed E-state index contributed by atoms with van der Waals surface area (Å²) in [6.07, 6.45) is 0. The van der Waals surface area contributed by atoms with Gasteiger partial charge in [-0.15, -0.1) is 0 Å². The summed E-state index contributed by atoms with van der Waals surface area (Å²) < 4.78 is 0. The molecule has 0 aliphatic rings. The molecule has 0 atom stereocenters. The predicted octanol–water partition coefficient (Wildman–Crippen LogP) is 0.507. The maximum absolute atomic E-state index is 10.9. The van der Waals surface area contributed by atoms with Gasteiger partial charge in [-0.1, -0.05) is 24.0 Å². The molecule has 0 saturated carbocycles. The molecule has 0 aliphatic heterocycles. The van der Waals surface area contributed by atoms with Gasteiger partial charge in [-0.25, -0.2) is 4.79 Å². The molecular formula is C12H15N3O. The molecule has 0 aliphatic carbocycles. The molecule has 0 heterocycles. The van der Waals surface area contributed by atoms with Gasteiger partial charge < -0.3 is 16.4 Å². The van der Waals surface area contributed by atoms with Crippen LogP contribution in [0.2, 0.25) is 0 Å². The number of carbonyl (C=O) groups excluding carboxylic acids is 1. The Hall–Kier alpha value is -1.99. The average molecular weight is 217 g/mol. The summed E-state index contributed by atoms with van der Waals surface area (Å²) in [5, 5.41) is 0. The molecule has 0 spiro atoms. The zero-order valence-electron chi connectivity index (χ0n) is 9.23. The molecule has 1 aromatic carbocycles. The smallest absolute Gasteiger partial charge is 0.314 e. The Kier molecular flexibility index (Phi) is 4.37. The van der Waals surface area contributed by atoms with Gasteiger partial charge in [0.1, 0.15) is 0 Å². The topological polar surface area (TPSA) is 72.3 Å². The predicted molar refractivity (Wildman–Crippen MR) is 63.4 cm³/mol. The second kappa shape index (κ2) is 5.79. The number of amides is 2. The van der Waals surface area contributed by atoms with Crippen LogP contribution in [0, 0.1) is 11.8 Å². The molecule has 0 saturated heterocycles. The highest BCUT2D eigenvalue weighted by atomic mass is 16.2. The number of carbonyl (C=O) groups is 1. The Morgan fingerprint density at radius 2 is 2.25 bits per heavy atom. The van der Waals surface area contributed by atoms with E-state index in [1.54, 1.807) is 7.05 Å². The molecule has 0 bridgehead atoms. The lowest BCUT2D eigenvalue weighted by Crippen LogP contribution is -2.31. The maximum Gasteiger partial charge on any atom is 0.314 e. The van der Waals surface area contributed by atoms with Crippen molar-refractivity contribution in [1.82, 2.24) is 4.90 Å². The Labute approximate surface area is 95.2 Å². The van der Waals surface area contributed by atoms with Crippen molar-refractivity contribution in [3.8, 4) is 11.8 Å². The number of primary amides is 1. The van der Waals surface area contributed by atoms with Crippen LogP contribution in [-0.2, 0) is 6.54 Å². The van der Waals surface area contributed by atoms with Gasteiger partial charge >= 0.3 is 6.03 Å². The first-order chi connectivity index (χ1) is 7.63. The van der Waals surface area contributed by atoms with Crippen molar-refractivity contribution in [2.24, 2.45) is 11.5 Å². The van der Waals surface area contributed by atoms with Crippen LogP contribution in [0.25, 0.3) is 0 Å². The first-order valence-electron chi connectivity index (χ1n) is 4.92. The molecule has 84 valence electrons. The molecule has 0 radical (unpaired) electrons. The summed E-state index contributed by atoms with van der Waals surface area (Å²) in [5.41, 5.74) is 12.3. The molecule has 0 aromatic heterocycles. The zero-order valence-corrected chi connectivity index (χ0v) is 9.23. The van der Waals surface area contributed by atoms with E-state index in [0.717, 1.165) is 11.1 Å². The fourth-order valence-corrected chi connectivity index (χ4v) is 1.25. The van der Waals surface area contributed by atoms with Crippen LogP contribution in [0.4, 0.5) is 4.79 Å². The third-order valence-electron chi connectivity index (χ3n) is 2.06. The van der Waals surface area contributed by atoms with E-state index in [4.69, 9.17) is 11.5 Å². The standard InChI is InChI=1S/C12H15N3O/c1-15(12(14)16)9-11-5-2-4-10(8-11)6-3-7-13/h2,4-5,8H,7,9,13H2,1H3,(H2,14,16). The maximum atomic E-state index is 10.9. The quantitative estimate of drug-likeness (QED) is 0.708. The van der Waals surface area contributed by atoms with E-state index in [0.29, 0.717) is 13.1 Å². The highest BCUT2D eigenvalue weighted by molar-refractivity contribution is 5.71. The van der Waals surface area contributed by atoms with Crippen LogP contribution in [0.5, 0.6) is 0 Å². The second-order valence-corrected chi connectivity index (χ2v) is 3.40. The highest BCUT2D eigenvalue weighted by Crippen LogP contribution is 2.06. The van der Waals surface area contributed by atoms with Gasteiger partial charge in [-0.3, -0.25) is 0 Å². The number of nitrogens with two attached hydrogens (primary N) is 2. The number of urea groups is 1. The van der Waals surface area contributed by atoms with Crippen molar-refractivity contribution in [2.75, 3.05) is 13.6 Å². The van der Waals surface area contributed by atoms with Crippen molar-refractivity contribution in [2.45, 2.75) is 6.54 Å². The van der Waals surface area contributed by atoms with E-state index >= 15 is 0 Å². The minimum absolute atomic E-state index is 0.339. The monoisotopic (exact) mass is 217 g/mol. The fraction of sp³-hybridized carbons (Fsp3) is 0.250. The second-order valence-electron chi connectivity index (χ2n) is 3.40. The number of hydrogen-bond acceptors (Lipinski definition) is 2. The van der Waals surface area contributed by atoms with Gasteiger partial charge in [0, 0.05) is 19.2 Å². The third kappa shape index (κ3) is 3.64. The first-order valence-corrected chi connectivity index (χ1v) is 4.92. The van der Waals surface area contributed by atoms with Gasteiger partial charge in [-0.05, 0) is 17.7 Å². The normalized spacial score (nSPS) is 9.12. The molecule has 2 amide bonds. The number of rotatable bonds is 2. The molecule has 16 heavy (non-hydrogen) atoms. The molecule has 1 aromatic rings. The molecule has 4 N–H and O–H groups in total. The minimum atomic E-state index is -0.446. The lowest BCUT2D eigenvalue weighted by atomic mass is 10.1. The van der Waals surface area contributed by atoms with Gasteiger partial charge in [-0.2, -0.15) is 0 Å². The Morgan fingerprint density at radius 3 is 2.88 bits per heavy atom. The molecule has 0 unspecified atom stereocenters. The lowest BCUT2D eigenvalue weighted by Gasteiger charge is -2.13. The van der Waals surface area contributed by atoms with Crippen LogP contribution >= 0.6 is 0 Å². The molecular weight excluding hydrogens is 202 g/mol. The zero-order chi connectivity index (χ0) is 12.0. The van der Waals surface area contributed by atoms with Crippen molar-refractivity contribution >= 4 is 6.03 Å². The summed E-state index contributed by atoms with van der Waals surface area (Å²) in [7, 11) is 1.65. The highest BCUT2D eigenvalue weighted by Gasteiger charge is 2.03. The van der Waals surface area contributed by atoms with Crippen LogP contribution in [-0.4, -0.2) is 24.5 Å². The van der Waals surface area contributed by atoms with E-state index in [9.17, 15) is 4.79 Å². The molecule has 4 nitrogen and oxygen atoms in total. The van der Waals surface area contributed by atoms with Crippen molar-refractivity contribution < 1.29 is 4.79 Å². The Balaban J connectivity index is 2.78. The van der Waals surface area contributed by atoms with Crippen molar-refractivity contribution in [3.63, 3.8) is 0 Å². The van der Waals surface area contributed by atoms with Crippen LogP contribution in [0.3, 0.4) is 0 Å². The van der Waals surface area contributed by atoms with Crippen LogP contribution in [0.1, 0.15) is 11.1 Å². The summed E-state index contributed by atoms with van der Waals surface area (Å²) in [6.45, 7) is 0.818. The van der Waals surface area contributed by atoms with E-state index in [1.807, 2.05) is 24.3 Å². The Morgan fingerprint density at radius 1 is 1.50 bits per heavy atom. The first kappa shape index (κ1) is 12.1. The lowest BCUT2D eigenvalue weighted by molar-refractivity contribution is 0.216. The van der Waals surface area contributed by atoms with Gasteiger partial charge in [0.2, 0.25) is 0 Å². The average Bonchev–Trinajstić information content (AvgIpc) is 2.26. The van der Waals surface area contributed by atoms with E-state index < -0.39 is 6.03 Å². The molecule has 1 rings (SSSR count). The minimum Gasteiger partial charge on any atom is -0.351 e. The fourth-order valence-electron chi connectivity index (χ4n) is 1.25. The van der Waals surface area contributed by atoms with Crippen LogP contribution in [0.15, 0.2) is 24.3 Å². The Bertz CT molecular complexity index is 431. The van der Waals surface area contributed by atoms with Gasteiger partial charge in [0.05, 0.1) is 6.54 Å². The van der Waals surface area contributed by atoms with E-state index in [1.165, 1.54) is 4.90 Å². The number of nitrogens with zero attached hydrogens (tertiary/aromatic N) is 1. The number of benzene rings is 1. The SMILES string of the molecule is CN(Cc1cccc(C#CCN)c1)C(N)=O. The van der Waals surface area contributed by atoms with Gasteiger partial charge in [0.25, 0.3) is 0 Å².